The lowest BCUT2D eigenvalue weighted by Gasteiger charge is -2.30. The van der Waals surface area contributed by atoms with E-state index in [1.54, 1.807) is 0 Å². The Morgan fingerprint density at radius 3 is 1.45 bits per heavy atom. The van der Waals surface area contributed by atoms with Gasteiger partial charge in [-0.15, -0.1) is 0 Å². The Balaban J connectivity index is 1.11. The lowest BCUT2D eigenvalue weighted by atomic mass is 9.97. The Morgan fingerprint density at radius 2 is 0.750 bits per heavy atom. The van der Waals surface area contributed by atoms with Gasteiger partial charge in [-0.2, -0.15) is 0 Å². The quantitative estimate of drug-likeness (QED) is 0.161. The van der Waals surface area contributed by atoms with Gasteiger partial charge in [-0.25, -0.2) is 0 Å². The van der Waals surface area contributed by atoms with Gasteiger partial charge >= 0.3 is 0 Å². The predicted molar refractivity (Wildman–Crippen MR) is 266 cm³/mol. The second kappa shape index (κ2) is 14.5. The Hall–Kier alpha value is -8.60. The summed E-state index contributed by atoms with van der Waals surface area (Å²) in [5.41, 5.74) is 16.5. The van der Waals surface area contributed by atoms with Crippen LogP contribution in [0.2, 0.25) is 0 Å². The number of hydrogen-bond acceptors (Lipinski definition) is 3. The van der Waals surface area contributed by atoms with Crippen molar-refractivity contribution >= 4 is 82.7 Å². The van der Waals surface area contributed by atoms with Crippen molar-refractivity contribution in [2.75, 3.05) is 4.90 Å². The fourth-order valence-electron chi connectivity index (χ4n) is 10.1. The van der Waals surface area contributed by atoms with E-state index in [4.69, 9.17) is 8.83 Å². The first kappa shape index (κ1) is 36.1. The molecule has 0 saturated carbocycles. The van der Waals surface area contributed by atoms with E-state index in [-0.39, 0.29) is 0 Å². The van der Waals surface area contributed by atoms with Crippen LogP contribution in [0.25, 0.3) is 105 Å². The molecule has 0 bridgehead atoms. The van der Waals surface area contributed by atoms with Crippen molar-refractivity contribution in [2.24, 2.45) is 0 Å². The van der Waals surface area contributed by atoms with Crippen LogP contribution in [0, 0.1) is 0 Å². The van der Waals surface area contributed by atoms with Crippen molar-refractivity contribution < 1.29 is 8.83 Å². The van der Waals surface area contributed by atoms with E-state index < -0.39 is 0 Å². The molecule has 300 valence electrons. The summed E-state index contributed by atoms with van der Waals surface area (Å²) in [6.45, 7) is 0. The molecule has 0 aliphatic carbocycles. The van der Waals surface area contributed by atoms with Crippen LogP contribution in [0.1, 0.15) is 0 Å². The number of benzene rings is 10. The number of nitrogens with zero attached hydrogens (tertiary/aromatic N) is 2. The van der Waals surface area contributed by atoms with Crippen LogP contribution in [0.15, 0.2) is 239 Å². The maximum absolute atomic E-state index is 6.72. The van der Waals surface area contributed by atoms with Crippen molar-refractivity contribution in [2.45, 2.75) is 0 Å². The molecule has 4 heteroatoms. The molecule has 0 spiro atoms. The lowest BCUT2D eigenvalue weighted by molar-refractivity contribution is 0.669. The summed E-state index contributed by atoms with van der Waals surface area (Å²) in [4.78, 5) is 2.47. The molecule has 0 amide bonds. The zero-order valence-corrected chi connectivity index (χ0v) is 34.7. The highest BCUT2D eigenvalue weighted by atomic mass is 16.3. The van der Waals surface area contributed by atoms with Gasteiger partial charge in [0.2, 0.25) is 0 Å². The SMILES string of the molecule is c1ccc(-c2ccccc2N(c2ccccc2-c2cccc3c2oc2ccccc23)c2cccc3c2c2ccccc2n3-c2ccccc2-c2cccc3c2oc2ccccc23)cc1. The molecule has 0 saturated heterocycles. The smallest absolute Gasteiger partial charge is 0.143 e. The summed E-state index contributed by atoms with van der Waals surface area (Å²) >= 11 is 0. The van der Waals surface area contributed by atoms with Crippen LogP contribution in [-0.4, -0.2) is 4.57 Å². The number of aromatic nitrogens is 1. The van der Waals surface area contributed by atoms with Crippen LogP contribution >= 0.6 is 0 Å². The van der Waals surface area contributed by atoms with Crippen LogP contribution in [0.4, 0.5) is 17.1 Å². The van der Waals surface area contributed by atoms with Gasteiger partial charge in [-0.05, 0) is 54.1 Å². The second-order valence-corrected chi connectivity index (χ2v) is 16.3. The van der Waals surface area contributed by atoms with Crippen LogP contribution in [0.5, 0.6) is 0 Å². The largest absolute Gasteiger partial charge is 0.455 e. The average Bonchev–Trinajstić information content (AvgIpc) is 4.05. The van der Waals surface area contributed by atoms with E-state index in [1.165, 1.54) is 0 Å². The normalized spacial score (nSPS) is 11.8. The number of furan rings is 2. The van der Waals surface area contributed by atoms with E-state index in [0.717, 1.165) is 122 Å². The van der Waals surface area contributed by atoms with Crippen LogP contribution in [-0.2, 0) is 0 Å². The van der Waals surface area contributed by atoms with E-state index in [2.05, 4.69) is 228 Å². The van der Waals surface area contributed by atoms with Crippen molar-refractivity contribution in [1.82, 2.24) is 4.57 Å². The average molecular weight is 819 g/mol. The summed E-state index contributed by atoms with van der Waals surface area (Å²) in [6.07, 6.45) is 0. The van der Waals surface area contributed by atoms with Gasteiger partial charge < -0.3 is 18.3 Å². The minimum Gasteiger partial charge on any atom is -0.455 e. The summed E-state index contributed by atoms with van der Waals surface area (Å²) < 4.78 is 15.8. The number of anilines is 3. The third-order valence-corrected chi connectivity index (χ3v) is 12.8. The summed E-state index contributed by atoms with van der Waals surface area (Å²) in [5.74, 6) is 0. The molecular weight excluding hydrogens is 781 g/mol. The molecule has 3 aromatic heterocycles. The fourth-order valence-corrected chi connectivity index (χ4v) is 10.1. The van der Waals surface area contributed by atoms with Gasteiger partial charge in [-0.3, -0.25) is 0 Å². The number of para-hydroxylation sites is 8. The lowest BCUT2D eigenvalue weighted by Crippen LogP contribution is -2.13. The van der Waals surface area contributed by atoms with E-state index >= 15 is 0 Å². The molecule has 0 fully saturated rings. The Kier molecular flexibility index (Phi) is 8.18. The summed E-state index contributed by atoms with van der Waals surface area (Å²) in [7, 11) is 0. The first-order valence-corrected chi connectivity index (χ1v) is 21.8. The third-order valence-electron chi connectivity index (χ3n) is 12.8. The molecule has 0 aliphatic rings. The molecule has 0 N–H and O–H groups in total. The minimum absolute atomic E-state index is 0.873. The van der Waals surface area contributed by atoms with E-state index in [0.29, 0.717) is 0 Å². The van der Waals surface area contributed by atoms with Crippen molar-refractivity contribution in [1.29, 1.82) is 0 Å². The Labute approximate surface area is 369 Å². The van der Waals surface area contributed by atoms with E-state index in [1.807, 2.05) is 12.1 Å². The van der Waals surface area contributed by atoms with Crippen molar-refractivity contribution in [3.8, 4) is 39.1 Å². The van der Waals surface area contributed by atoms with Crippen molar-refractivity contribution in [3.63, 3.8) is 0 Å². The third kappa shape index (κ3) is 5.49. The molecule has 13 rings (SSSR count). The monoisotopic (exact) mass is 818 g/mol. The van der Waals surface area contributed by atoms with Crippen molar-refractivity contribution in [3.05, 3.63) is 231 Å². The topological polar surface area (TPSA) is 34.5 Å². The summed E-state index contributed by atoms with van der Waals surface area (Å²) in [5, 5.41) is 6.74. The number of hydrogen-bond donors (Lipinski definition) is 0. The molecule has 0 aliphatic heterocycles. The first-order chi connectivity index (χ1) is 31.8. The molecule has 4 nitrogen and oxygen atoms in total. The molecule has 10 aromatic carbocycles. The zero-order chi connectivity index (χ0) is 42.1. The van der Waals surface area contributed by atoms with Gasteiger partial charge in [0.05, 0.1) is 33.8 Å². The van der Waals surface area contributed by atoms with E-state index in [9.17, 15) is 0 Å². The van der Waals surface area contributed by atoms with Crippen LogP contribution in [0.3, 0.4) is 0 Å². The molecule has 0 radical (unpaired) electrons. The molecular formula is C60H38N2O2. The van der Waals surface area contributed by atoms with Gasteiger partial charge in [0, 0.05) is 60.1 Å². The zero-order valence-electron chi connectivity index (χ0n) is 34.7. The molecule has 13 aromatic rings. The molecule has 0 atom stereocenters. The van der Waals surface area contributed by atoms with Gasteiger partial charge in [0.15, 0.2) is 0 Å². The highest BCUT2D eigenvalue weighted by Gasteiger charge is 2.27. The second-order valence-electron chi connectivity index (χ2n) is 16.3. The Morgan fingerprint density at radius 1 is 0.297 bits per heavy atom. The number of fused-ring (bicyclic) bond motifs is 9. The van der Waals surface area contributed by atoms with Crippen LogP contribution < -0.4 is 4.90 Å². The number of rotatable bonds is 7. The van der Waals surface area contributed by atoms with Gasteiger partial charge in [0.25, 0.3) is 0 Å². The van der Waals surface area contributed by atoms with Gasteiger partial charge in [0.1, 0.15) is 22.3 Å². The summed E-state index contributed by atoms with van der Waals surface area (Å²) in [6, 6.07) is 82.1. The highest BCUT2D eigenvalue weighted by Crippen LogP contribution is 2.50. The molecule has 0 unspecified atom stereocenters. The standard InChI is InChI=1S/C60H38N2O2/c1-2-19-39(20-3-1)40-21-4-10-31-50(40)61(51-32-11-5-22-41(51)45-27-16-29-47-43-24-8-14-37-56(43)63-59(45)47)54-35-18-36-55-58(54)49-26-7-13-34-53(49)62(55)52-33-12-6-23-42(52)46-28-17-30-48-44-25-9-15-38-57(44)64-60(46)48/h1-38H. The molecule has 64 heavy (non-hydrogen) atoms. The predicted octanol–water partition coefficient (Wildman–Crippen LogP) is 17.1. The highest BCUT2D eigenvalue weighted by molar-refractivity contribution is 6.19. The maximum Gasteiger partial charge on any atom is 0.143 e. The molecule has 3 heterocycles. The first-order valence-electron chi connectivity index (χ1n) is 21.8. The fraction of sp³-hybridized carbons (Fsp3) is 0. The maximum atomic E-state index is 6.72. The van der Waals surface area contributed by atoms with Gasteiger partial charge in [-0.1, -0.05) is 182 Å². The minimum atomic E-state index is 0.873. The Bertz CT molecular complexity index is 3930.